The van der Waals surface area contributed by atoms with Crippen LogP contribution < -0.4 is 4.90 Å². The summed E-state index contributed by atoms with van der Waals surface area (Å²) in [6.45, 7) is 6.53. The molecule has 10 heteroatoms. The maximum absolute atomic E-state index is 12.5. The van der Waals surface area contributed by atoms with E-state index in [1.807, 2.05) is 18.2 Å². The molecular weight excluding hydrogens is 544 g/mol. The lowest BCUT2D eigenvalue weighted by Crippen LogP contribution is -2.55. The smallest absolute Gasteiger partial charge is 0.246 e. The summed E-state index contributed by atoms with van der Waals surface area (Å²) in [6, 6.07) is 14.1. The van der Waals surface area contributed by atoms with Crippen molar-refractivity contribution in [2.75, 3.05) is 50.9 Å². The van der Waals surface area contributed by atoms with Crippen LogP contribution in [0.5, 0.6) is 0 Å². The number of amides is 1. The molecule has 1 saturated heterocycles. The van der Waals surface area contributed by atoms with E-state index in [9.17, 15) is 10.1 Å². The normalized spacial score (nSPS) is 19.0. The summed E-state index contributed by atoms with van der Waals surface area (Å²) in [6.07, 6.45) is 1.98. The fraction of sp³-hybridized carbons (Fsp3) is 0.400. The van der Waals surface area contributed by atoms with Gasteiger partial charge in [0.1, 0.15) is 5.82 Å². The molecular formula is C30H33ClN6O2S. The summed E-state index contributed by atoms with van der Waals surface area (Å²) < 4.78 is 6.48. The lowest BCUT2D eigenvalue weighted by atomic mass is 9.94. The van der Waals surface area contributed by atoms with Crippen LogP contribution in [0.2, 0.25) is 5.02 Å². The van der Waals surface area contributed by atoms with E-state index in [0.717, 1.165) is 50.9 Å². The molecule has 0 saturated carbocycles. The van der Waals surface area contributed by atoms with Crippen LogP contribution in [0.3, 0.4) is 0 Å². The fourth-order valence-electron chi connectivity index (χ4n) is 5.40. The van der Waals surface area contributed by atoms with Crippen LogP contribution >= 0.6 is 23.4 Å². The highest BCUT2D eigenvalue weighted by Gasteiger charge is 2.34. The maximum atomic E-state index is 12.5. The number of rotatable bonds is 8. The number of halogens is 1. The van der Waals surface area contributed by atoms with Gasteiger partial charge in [0, 0.05) is 54.3 Å². The third-order valence-corrected chi connectivity index (χ3v) is 8.57. The van der Waals surface area contributed by atoms with Crippen molar-refractivity contribution in [2.24, 2.45) is 0 Å². The van der Waals surface area contributed by atoms with Gasteiger partial charge in [0.25, 0.3) is 0 Å². The number of hydrogen-bond acceptors (Lipinski definition) is 8. The highest BCUT2D eigenvalue weighted by molar-refractivity contribution is 7.99. The van der Waals surface area contributed by atoms with Gasteiger partial charge in [-0.05, 0) is 37.2 Å². The first-order valence-corrected chi connectivity index (χ1v) is 14.8. The molecule has 40 heavy (non-hydrogen) atoms. The van der Waals surface area contributed by atoms with Gasteiger partial charge in [0.2, 0.25) is 5.91 Å². The van der Waals surface area contributed by atoms with Gasteiger partial charge in [-0.25, -0.2) is 9.97 Å². The van der Waals surface area contributed by atoms with E-state index in [1.165, 1.54) is 6.08 Å². The van der Waals surface area contributed by atoms with Crippen LogP contribution in [0.1, 0.15) is 29.3 Å². The van der Waals surface area contributed by atoms with E-state index < -0.39 is 0 Å². The standard InChI is InChI=1S/C30H33ClN6O2S/c1-4-27(38)37-14-13-36(18-21(37)11-12-32)29-23-19-39-26(17-25(23)33-30(34-29)40-16-15-35(2)3)22-9-5-7-20-8-6-10-24(31)28(20)22/h4-10,21,26H,1,11,13-19H2,2-3H3/t21-,26-/m0/s1. The maximum Gasteiger partial charge on any atom is 0.246 e. The molecule has 3 heterocycles. The van der Waals surface area contributed by atoms with Crippen LogP contribution in [-0.2, 0) is 22.6 Å². The number of ether oxygens (including phenoxy) is 1. The topological polar surface area (TPSA) is 85.6 Å². The number of fused-ring (bicyclic) bond motifs is 2. The van der Waals surface area contributed by atoms with E-state index in [4.69, 9.17) is 26.3 Å². The van der Waals surface area contributed by atoms with Crippen molar-refractivity contribution in [3.63, 3.8) is 0 Å². The van der Waals surface area contributed by atoms with Crippen molar-refractivity contribution < 1.29 is 9.53 Å². The Hall–Kier alpha value is -3.16. The Morgan fingerprint density at radius 2 is 2.08 bits per heavy atom. The molecule has 0 bridgehead atoms. The van der Waals surface area contributed by atoms with Crippen molar-refractivity contribution in [3.05, 3.63) is 70.9 Å². The molecule has 1 fully saturated rings. The first kappa shape index (κ1) is 28.4. The molecule has 2 atom stereocenters. The molecule has 5 rings (SSSR count). The average molecular weight is 577 g/mol. The summed E-state index contributed by atoms with van der Waals surface area (Å²) in [4.78, 5) is 28.6. The summed E-state index contributed by atoms with van der Waals surface area (Å²) in [5, 5.41) is 13.0. The first-order chi connectivity index (χ1) is 19.4. The number of anilines is 1. The molecule has 2 aliphatic heterocycles. The molecule has 8 nitrogen and oxygen atoms in total. The number of hydrogen-bond donors (Lipinski definition) is 0. The molecule has 208 valence electrons. The summed E-state index contributed by atoms with van der Waals surface area (Å²) in [7, 11) is 4.10. The second kappa shape index (κ2) is 12.6. The second-order valence-corrected chi connectivity index (χ2v) is 11.8. The number of benzene rings is 2. The Balaban J connectivity index is 1.49. The molecule has 2 aromatic carbocycles. The van der Waals surface area contributed by atoms with Crippen molar-refractivity contribution in [1.82, 2.24) is 19.8 Å². The van der Waals surface area contributed by atoms with E-state index in [-0.39, 0.29) is 24.5 Å². The van der Waals surface area contributed by atoms with Crippen molar-refractivity contribution in [1.29, 1.82) is 5.26 Å². The zero-order chi connectivity index (χ0) is 28.2. The van der Waals surface area contributed by atoms with Crippen molar-refractivity contribution >= 4 is 45.9 Å². The minimum atomic E-state index is -0.241. The Kier molecular flexibility index (Phi) is 8.91. The third-order valence-electron chi connectivity index (χ3n) is 7.43. The first-order valence-electron chi connectivity index (χ1n) is 13.4. The minimum absolute atomic E-state index is 0.149. The predicted octanol–water partition coefficient (Wildman–Crippen LogP) is 4.87. The third kappa shape index (κ3) is 5.96. The zero-order valence-corrected chi connectivity index (χ0v) is 24.4. The van der Waals surface area contributed by atoms with Gasteiger partial charge in [-0.2, -0.15) is 5.26 Å². The molecule has 0 spiro atoms. The van der Waals surface area contributed by atoms with Crippen LogP contribution in [-0.4, -0.2) is 77.7 Å². The van der Waals surface area contributed by atoms with Crippen molar-refractivity contribution in [3.8, 4) is 6.07 Å². The quantitative estimate of drug-likeness (QED) is 0.213. The number of thioether (sulfide) groups is 1. The monoisotopic (exact) mass is 576 g/mol. The zero-order valence-electron chi connectivity index (χ0n) is 22.8. The Morgan fingerprint density at radius 3 is 2.83 bits per heavy atom. The molecule has 0 radical (unpaired) electrons. The van der Waals surface area contributed by atoms with E-state index in [0.29, 0.717) is 37.7 Å². The average Bonchev–Trinajstić information content (AvgIpc) is 2.96. The molecule has 0 unspecified atom stereocenters. The highest BCUT2D eigenvalue weighted by Crippen LogP contribution is 2.39. The van der Waals surface area contributed by atoms with Crippen LogP contribution in [0.4, 0.5) is 5.82 Å². The van der Waals surface area contributed by atoms with Crippen LogP contribution in [0.15, 0.2) is 54.2 Å². The van der Waals surface area contributed by atoms with Gasteiger partial charge in [-0.15, -0.1) is 0 Å². The number of nitriles is 1. The Morgan fingerprint density at radius 1 is 1.27 bits per heavy atom. The number of aromatic nitrogens is 2. The van der Waals surface area contributed by atoms with Crippen LogP contribution in [0.25, 0.3) is 10.8 Å². The lowest BCUT2D eigenvalue weighted by molar-refractivity contribution is -0.128. The van der Waals surface area contributed by atoms with Gasteiger partial charge < -0.3 is 19.4 Å². The number of nitrogens with zero attached hydrogens (tertiary/aromatic N) is 6. The SMILES string of the molecule is C=CC(=O)N1CCN(c2nc(SCCN(C)C)nc3c2CO[C@H](c2cccc4cccc(Cl)c24)C3)C[C@@H]1CC#N. The Labute approximate surface area is 244 Å². The largest absolute Gasteiger partial charge is 0.368 e. The second-order valence-electron chi connectivity index (χ2n) is 10.3. The Bertz CT molecular complexity index is 1450. The summed E-state index contributed by atoms with van der Waals surface area (Å²) in [5.74, 6) is 1.55. The molecule has 0 N–H and O–H groups in total. The minimum Gasteiger partial charge on any atom is -0.368 e. The van der Waals surface area contributed by atoms with Crippen molar-refractivity contribution in [2.45, 2.75) is 36.8 Å². The van der Waals surface area contributed by atoms with Gasteiger partial charge in [0.05, 0.1) is 36.9 Å². The van der Waals surface area contributed by atoms with E-state index >= 15 is 0 Å². The van der Waals surface area contributed by atoms with E-state index in [1.54, 1.807) is 16.7 Å². The molecule has 1 aromatic heterocycles. The van der Waals surface area contributed by atoms with Gasteiger partial charge in [-0.3, -0.25) is 4.79 Å². The summed E-state index contributed by atoms with van der Waals surface area (Å²) in [5.41, 5.74) is 3.00. The fourth-order valence-corrected chi connectivity index (χ4v) is 6.66. The van der Waals surface area contributed by atoms with Gasteiger partial charge in [-0.1, -0.05) is 60.3 Å². The highest BCUT2D eigenvalue weighted by atomic mass is 35.5. The van der Waals surface area contributed by atoms with E-state index in [2.05, 4.69) is 54.7 Å². The molecule has 2 aliphatic rings. The molecule has 1 amide bonds. The number of carbonyl (C=O) groups excluding carboxylic acids is 1. The van der Waals surface area contributed by atoms with Crippen LogP contribution in [0, 0.1) is 11.3 Å². The number of piperazine rings is 1. The molecule has 0 aliphatic carbocycles. The predicted molar refractivity (Wildman–Crippen MR) is 160 cm³/mol. The molecule has 3 aromatic rings. The summed E-state index contributed by atoms with van der Waals surface area (Å²) >= 11 is 8.29. The van der Waals surface area contributed by atoms with Gasteiger partial charge in [0.15, 0.2) is 5.16 Å². The number of carbonyl (C=O) groups is 1. The lowest BCUT2D eigenvalue weighted by Gasteiger charge is -2.42. The van der Waals surface area contributed by atoms with Gasteiger partial charge >= 0.3 is 0 Å².